The van der Waals surface area contributed by atoms with Crippen molar-refractivity contribution in [1.29, 1.82) is 0 Å². The summed E-state index contributed by atoms with van der Waals surface area (Å²) in [6.07, 6.45) is 0.885. The Balaban J connectivity index is 0.000000150. The van der Waals surface area contributed by atoms with Crippen LogP contribution >= 0.6 is 22.7 Å². The normalized spacial score (nSPS) is 12.0. The summed E-state index contributed by atoms with van der Waals surface area (Å²) >= 11 is 3.73. The summed E-state index contributed by atoms with van der Waals surface area (Å²) in [5, 5.41) is 7.42. The Kier molecular flexibility index (Phi) is 23.4. The van der Waals surface area contributed by atoms with Gasteiger partial charge >= 0.3 is 0 Å². The number of benzene rings is 23. The molecule has 0 fully saturated rings. The van der Waals surface area contributed by atoms with Crippen molar-refractivity contribution in [2.75, 3.05) is 29.4 Å². The third-order valence-electron chi connectivity index (χ3n) is 29.4. The molecule has 0 radical (unpaired) electrons. The fraction of sp³-hybridized carbons (Fsp3) is 0.0286. The molecule has 2 aliphatic carbocycles. The molecule has 2 aliphatic rings. The van der Waals surface area contributed by atoms with Crippen LogP contribution in [-0.4, -0.2) is 0 Å². The standard InChI is InChI=1S/C71H49N3S.C69H51N3S/c1-6-20-49(21-7-1)54-44-66-62-33-19-18-24-53(62)43-67(66)69(46-54)74(58-31-14-5-15-32-58)61-39-41-64-63-40-38-60(47-70(63)75-71(64)48-61)73(57-29-12-4-13-30-57)68-45-52-23-17-16-22-51(52)42-65(68)50-34-36-59(37-35-50)72(55-25-8-2-9-26-55)56-27-10-3-11-28-56;1-69(2)65-36-18-17-35-61(65)64-45-56(39-42-66(64)69)72(58-38-41-63-62-40-37-57(46-67(62)73-68(63)47-58)71(52-27-11-5-12-28-52)53-29-13-6-14-30-53)55-32-20-22-49(44-55)60-34-16-15-33-59(60)48-21-19-31-54(43-48)70(50-23-7-3-8-24-50)51-25-9-4-10-26-51/h1-42,44-48H,43H2;3-47H,1-2H3. The van der Waals surface area contributed by atoms with Crippen molar-refractivity contribution in [1.82, 2.24) is 0 Å². The molecule has 27 rings (SSSR count). The third kappa shape index (κ3) is 16.8. The smallest absolute Gasteiger partial charge is 0.0546 e. The Morgan fingerprint density at radius 2 is 0.473 bits per heavy atom. The Morgan fingerprint density at radius 1 is 0.169 bits per heavy atom. The van der Waals surface area contributed by atoms with Gasteiger partial charge in [-0.1, -0.05) is 354 Å². The molecule has 0 N–H and O–H groups in total. The van der Waals surface area contributed by atoms with E-state index in [2.05, 4.69) is 601 Å². The molecule has 2 aromatic heterocycles. The lowest BCUT2D eigenvalue weighted by molar-refractivity contribution is 0.660. The molecule has 6 nitrogen and oxygen atoms in total. The summed E-state index contributed by atoms with van der Waals surface area (Å²) in [7, 11) is 0. The van der Waals surface area contributed by atoms with Crippen LogP contribution in [0.3, 0.4) is 0 Å². The zero-order valence-electron chi connectivity index (χ0n) is 81.8. The number of thiophene rings is 2. The summed E-state index contributed by atoms with van der Waals surface area (Å²) in [5.41, 5.74) is 40.1. The van der Waals surface area contributed by atoms with E-state index in [0.717, 1.165) is 125 Å². The average molecular weight is 1930 g/mol. The minimum Gasteiger partial charge on any atom is -0.311 e. The zero-order valence-corrected chi connectivity index (χ0v) is 83.5. The highest BCUT2D eigenvalue weighted by Gasteiger charge is 2.37. The number of para-hydroxylation sites is 8. The van der Waals surface area contributed by atoms with Gasteiger partial charge in [0.25, 0.3) is 0 Å². The molecule has 0 atom stereocenters. The van der Waals surface area contributed by atoms with E-state index >= 15 is 0 Å². The molecule has 8 heteroatoms. The van der Waals surface area contributed by atoms with Crippen LogP contribution in [-0.2, 0) is 11.8 Å². The number of hydrogen-bond acceptors (Lipinski definition) is 8. The topological polar surface area (TPSA) is 19.4 Å². The van der Waals surface area contributed by atoms with E-state index in [1.54, 1.807) is 0 Å². The first kappa shape index (κ1) is 89.6. The van der Waals surface area contributed by atoms with Crippen molar-refractivity contribution in [2.45, 2.75) is 25.7 Å². The Hall–Kier alpha value is -18.4. The lowest BCUT2D eigenvalue weighted by atomic mass is 9.82. The van der Waals surface area contributed by atoms with Crippen molar-refractivity contribution in [3.05, 3.63) is 580 Å². The molecular weight excluding hydrogens is 1830 g/mol. The number of fused-ring (bicyclic) bond motifs is 13. The van der Waals surface area contributed by atoms with Crippen LogP contribution in [0.1, 0.15) is 36.1 Å². The summed E-state index contributed by atoms with van der Waals surface area (Å²) in [6.45, 7) is 4.71. The van der Waals surface area contributed by atoms with Gasteiger partial charge in [0, 0.05) is 149 Å². The van der Waals surface area contributed by atoms with Crippen LogP contribution in [0.15, 0.2) is 558 Å². The monoisotopic (exact) mass is 1930 g/mol. The summed E-state index contributed by atoms with van der Waals surface area (Å²) in [5.74, 6) is 0. The maximum Gasteiger partial charge on any atom is 0.0546 e. The van der Waals surface area contributed by atoms with E-state index in [-0.39, 0.29) is 5.41 Å². The van der Waals surface area contributed by atoms with Crippen LogP contribution in [0.2, 0.25) is 0 Å². The van der Waals surface area contributed by atoms with E-state index in [1.807, 2.05) is 22.7 Å². The van der Waals surface area contributed by atoms with Gasteiger partial charge in [0.05, 0.1) is 11.4 Å². The highest BCUT2D eigenvalue weighted by atomic mass is 32.1. The van der Waals surface area contributed by atoms with Gasteiger partial charge in [-0.25, -0.2) is 0 Å². The summed E-state index contributed by atoms with van der Waals surface area (Å²) in [6, 6.07) is 204. The predicted octanol–water partition coefficient (Wildman–Crippen LogP) is 40.6. The van der Waals surface area contributed by atoms with E-state index in [9.17, 15) is 0 Å². The average Bonchev–Trinajstić information content (AvgIpc) is 1.57. The maximum atomic E-state index is 2.48. The van der Waals surface area contributed by atoms with Crippen molar-refractivity contribution in [3.8, 4) is 66.8 Å². The van der Waals surface area contributed by atoms with Gasteiger partial charge in [0.1, 0.15) is 0 Å². The lowest BCUT2D eigenvalue weighted by Gasteiger charge is -2.29. The van der Waals surface area contributed by atoms with Gasteiger partial charge in [0.2, 0.25) is 0 Å². The number of nitrogens with zero attached hydrogens (tertiary/aromatic N) is 6. The van der Waals surface area contributed by atoms with Crippen LogP contribution in [0.25, 0.3) is 118 Å². The van der Waals surface area contributed by atoms with Crippen LogP contribution in [0.4, 0.5) is 102 Å². The minimum atomic E-state index is -0.0963. The van der Waals surface area contributed by atoms with Crippen LogP contribution < -0.4 is 29.4 Å². The molecule has 2 heterocycles. The first-order valence-corrected chi connectivity index (χ1v) is 52.4. The van der Waals surface area contributed by atoms with Crippen molar-refractivity contribution in [3.63, 3.8) is 0 Å². The van der Waals surface area contributed by atoms with E-state index in [1.165, 1.54) is 124 Å². The first-order chi connectivity index (χ1) is 73.1. The molecular formula is C140H100N6S2. The Morgan fingerprint density at radius 3 is 0.919 bits per heavy atom. The molecule has 0 spiro atoms. The number of anilines is 18. The quantitative estimate of drug-likeness (QED) is 0.0669. The second kappa shape index (κ2) is 38.7. The van der Waals surface area contributed by atoms with E-state index in [0.29, 0.717) is 0 Å². The lowest BCUT2D eigenvalue weighted by Crippen LogP contribution is -2.15. The van der Waals surface area contributed by atoms with E-state index < -0.39 is 0 Å². The van der Waals surface area contributed by atoms with Crippen LogP contribution in [0.5, 0.6) is 0 Å². The highest BCUT2D eigenvalue weighted by Crippen LogP contribution is 2.56. The molecule has 702 valence electrons. The fourth-order valence-corrected chi connectivity index (χ4v) is 24.8. The summed E-state index contributed by atoms with van der Waals surface area (Å²) < 4.78 is 4.98. The van der Waals surface area contributed by atoms with Gasteiger partial charge in [0.15, 0.2) is 0 Å². The summed E-state index contributed by atoms with van der Waals surface area (Å²) in [4.78, 5) is 14.4. The molecule has 0 saturated heterocycles. The number of hydrogen-bond donors (Lipinski definition) is 0. The molecule has 23 aromatic carbocycles. The third-order valence-corrected chi connectivity index (χ3v) is 31.6. The second-order valence-corrected chi connectivity index (χ2v) is 40.8. The Bertz CT molecular complexity index is 9110. The van der Waals surface area contributed by atoms with Gasteiger partial charge in [-0.15, -0.1) is 22.7 Å². The Labute approximate surface area is 871 Å². The second-order valence-electron chi connectivity index (χ2n) is 38.7. The molecule has 25 aromatic rings. The van der Waals surface area contributed by atoms with Gasteiger partial charge < -0.3 is 29.4 Å². The zero-order chi connectivity index (χ0) is 98.5. The molecule has 148 heavy (non-hydrogen) atoms. The number of rotatable bonds is 22. The predicted molar refractivity (Wildman–Crippen MR) is 632 cm³/mol. The van der Waals surface area contributed by atoms with E-state index in [4.69, 9.17) is 0 Å². The van der Waals surface area contributed by atoms with Gasteiger partial charge in [-0.3, -0.25) is 0 Å². The minimum absolute atomic E-state index is 0.0963. The first-order valence-electron chi connectivity index (χ1n) is 50.8. The molecule has 0 amide bonds. The highest BCUT2D eigenvalue weighted by molar-refractivity contribution is 7.26. The maximum absolute atomic E-state index is 2.48. The van der Waals surface area contributed by atoms with Crippen molar-refractivity contribution < 1.29 is 0 Å². The molecule has 0 aliphatic heterocycles. The largest absolute Gasteiger partial charge is 0.311 e. The van der Waals surface area contributed by atoms with Crippen molar-refractivity contribution >= 4 is 176 Å². The molecule has 0 unspecified atom stereocenters. The molecule has 0 bridgehead atoms. The van der Waals surface area contributed by atoms with Crippen molar-refractivity contribution in [2.24, 2.45) is 0 Å². The van der Waals surface area contributed by atoms with Crippen LogP contribution in [0, 0.1) is 0 Å². The van der Waals surface area contributed by atoms with Gasteiger partial charge in [-0.05, 0) is 313 Å². The van der Waals surface area contributed by atoms with Gasteiger partial charge in [-0.2, -0.15) is 0 Å². The molecule has 0 saturated carbocycles. The fourth-order valence-electron chi connectivity index (χ4n) is 22.4. The SMILES string of the molecule is CC1(C)c2ccccc2-c2cc(N(c3cccc(-c4ccccc4-c4cccc(N(c5ccccc5)c5ccccc5)c4)c3)c3ccc4c(c3)sc3cc(N(c5ccccc5)c5ccccc5)ccc34)ccc21.c1ccc(-c2cc3c(c(N(c4ccccc4)c4ccc5c(c4)sc4cc(N(c6ccccc6)c6cc7ccccc7cc6-c6ccc(N(c7ccccc7)c7ccccc7)cc6)ccc45)c2)Cc2ccccc2-3)cc1.